The van der Waals surface area contributed by atoms with Gasteiger partial charge >= 0.3 is 11.9 Å². The number of hydrogen-bond donors (Lipinski definition) is 2. The zero-order chi connectivity index (χ0) is 26.3. The van der Waals surface area contributed by atoms with Crippen LogP contribution in [0.15, 0.2) is 48.5 Å². The molecule has 2 aromatic carbocycles. The number of hydrogen-bond acceptors (Lipinski definition) is 9. The highest BCUT2D eigenvalue weighted by Gasteiger charge is 2.33. The van der Waals surface area contributed by atoms with Gasteiger partial charge in [0, 0.05) is 12.5 Å². The van der Waals surface area contributed by atoms with E-state index < -0.39 is 18.0 Å². The van der Waals surface area contributed by atoms with Gasteiger partial charge in [-0.15, -0.1) is 0 Å². The van der Waals surface area contributed by atoms with Gasteiger partial charge in [-0.1, -0.05) is 48.5 Å². The van der Waals surface area contributed by atoms with Gasteiger partial charge in [0.15, 0.2) is 0 Å². The maximum atomic E-state index is 12.5. The fourth-order valence-electron chi connectivity index (χ4n) is 3.99. The van der Waals surface area contributed by atoms with Crippen LogP contribution in [0.5, 0.6) is 0 Å². The summed E-state index contributed by atoms with van der Waals surface area (Å²) in [5, 5.41) is 9.44. The predicted octanol–water partition coefficient (Wildman–Crippen LogP) is 1.84. The summed E-state index contributed by atoms with van der Waals surface area (Å²) in [6.45, 7) is 3.53. The Morgan fingerprint density at radius 3 is 1.68 bits per heavy atom. The lowest BCUT2D eigenvalue weighted by atomic mass is 9.98. The van der Waals surface area contributed by atoms with Crippen molar-refractivity contribution in [3.63, 3.8) is 0 Å². The molecule has 10 nitrogen and oxygen atoms in total. The van der Waals surface area contributed by atoms with Gasteiger partial charge < -0.3 is 39.3 Å². The Kier molecular flexibility index (Phi) is 12.5. The van der Waals surface area contributed by atoms with Crippen molar-refractivity contribution in [2.45, 2.75) is 12.0 Å². The molecule has 1 atom stereocenters. The van der Waals surface area contributed by atoms with Gasteiger partial charge in [-0.05, 0) is 22.3 Å². The molecule has 0 saturated carbocycles. The molecule has 37 heavy (non-hydrogen) atoms. The molecule has 0 heterocycles. The third kappa shape index (κ3) is 8.89. The van der Waals surface area contributed by atoms with E-state index in [2.05, 4.69) is 0 Å². The molecule has 0 fully saturated rings. The highest BCUT2D eigenvalue weighted by molar-refractivity contribution is 5.97. The van der Waals surface area contributed by atoms with Crippen molar-refractivity contribution in [1.82, 2.24) is 0 Å². The number of carboxylic acids is 1. The number of benzene rings is 2. The molecule has 3 rings (SSSR count). The van der Waals surface area contributed by atoms with Crippen molar-refractivity contribution in [2.75, 3.05) is 72.6 Å². The van der Waals surface area contributed by atoms with Crippen molar-refractivity contribution in [3.05, 3.63) is 59.7 Å². The molecule has 0 spiro atoms. The molecular formula is C27H35NO9. The molecule has 202 valence electrons. The summed E-state index contributed by atoms with van der Waals surface area (Å²) >= 11 is 0. The molecule has 2 aromatic rings. The van der Waals surface area contributed by atoms with E-state index in [1.165, 1.54) is 0 Å². The van der Waals surface area contributed by atoms with Crippen LogP contribution in [0.3, 0.4) is 0 Å². The van der Waals surface area contributed by atoms with Crippen molar-refractivity contribution in [2.24, 2.45) is 5.73 Å². The maximum Gasteiger partial charge on any atom is 0.347 e. The monoisotopic (exact) mass is 517 g/mol. The number of ether oxygens (including phenoxy) is 6. The van der Waals surface area contributed by atoms with Gasteiger partial charge in [-0.25, -0.2) is 9.59 Å². The second kappa shape index (κ2) is 16.1. The highest BCUT2D eigenvalue weighted by atomic mass is 16.6. The third-order valence-electron chi connectivity index (χ3n) is 5.68. The summed E-state index contributed by atoms with van der Waals surface area (Å²) in [6.07, 6.45) is -1.72. The Morgan fingerprint density at radius 2 is 1.19 bits per heavy atom. The third-order valence-corrected chi connectivity index (χ3v) is 5.68. The zero-order valence-corrected chi connectivity index (χ0v) is 20.8. The first-order valence-electron chi connectivity index (χ1n) is 12.3. The molecule has 3 N–H and O–H groups in total. The molecular weight excluding hydrogens is 482 g/mol. The fraction of sp³-hybridized carbons (Fsp3) is 0.481. The Labute approximate surface area is 216 Å². The van der Waals surface area contributed by atoms with Crippen molar-refractivity contribution in [3.8, 4) is 11.1 Å². The zero-order valence-electron chi connectivity index (χ0n) is 20.8. The van der Waals surface area contributed by atoms with Gasteiger partial charge in [0.25, 0.3) is 6.10 Å². The quantitative estimate of drug-likeness (QED) is 0.161. The largest absolute Gasteiger partial charge is 0.479 e. The van der Waals surface area contributed by atoms with Gasteiger partial charge in [-0.2, -0.15) is 0 Å². The van der Waals surface area contributed by atoms with Crippen LogP contribution in [0.2, 0.25) is 0 Å². The minimum absolute atomic E-state index is 0.0261. The number of aliphatic carboxylic acids is 1. The highest BCUT2D eigenvalue weighted by Crippen LogP contribution is 2.44. The van der Waals surface area contributed by atoms with Crippen molar-refractivity contribution < 1.29 is 43.1 Å². The second-order valence-electron chi connectivity index (χ2n) is 8.18. The van der Waals surface area contributed by atoms with Crippen LogP contribution >= 0.6 is 0 Å². The molecule has 0 saturated heterocycles. The first kappa shape index (κ1) is 28.7. The van der Waals surface area contributed by atoms with E-state index in [4.69, 9.17) is 34.2 Å². The molecule has 0 aromatic heterocycles. The Balaban J connectivity index is 1.31. The van der Waals surface area contributed by atoms with Crippen LogP contribution < -0.4 is 5.73 Å². The SMILES string of the molecule is NCCOCCOCCOCCOCCOC(C(=O)O)C(=O)OCC1c2ccccc2-c2ccccc21. The number of rotatable bonds is 19. The summed E-state index contributed by atoms with van der Waals surface area (Å²) in [6, 6.07) is 15.8. The lowest BCUT2D eigenvalue weighted by Crippen LogP contribution is -2.36. The van der Waals surface area contributed by atoms with Crippen LogP contribution in [0.1, 0.15) is 17.0 Å². The summed E-state index contributed by atoms with van der Waals surface area (Å²) in [7, 11) is 0. The lowest BCUT2D eigenvalue weighted by Gasteiger charge is -2.17. The van der Waals surface area contributed by atoms with Crippen LogP contribution in [0.25, 0.3) is 11.1 Å². The number of esters is 1. The first-order chi connectivity index (χ1) is 18.1. The minimum Gasteiger partial charge on any atom is -0.479 e. The smallest absolute Gasteiger partial charge is 0.347 e. The standard InChI is InChI=1S/C27H35NO9/c28-9-10-32-11-12-33-13-14-34-15-16-35-17-18-36-25(26(29)30)27(31)37-19-24-22-7-3-1-5-20(22)21-6-2-4-8-23(21)24/h1-8,24-25H,9-19,28H2,(H,29,30). The minimum atomic E-state index is -1.72. The Hall–Kier alpha value is -2.86. The number of carbonyl (C=O) groups is 2. The van der Waals surface area contributed by atoms with E-state index in [-0.39, 0.29) is 25.7 Å². The van der Waals surface area contributed by atoms with Gasteiger partial charge in [0.05, 0.1) is 59.5 Å². The van der Waals surface area contributed by atoms with E-state index in [1.807, 2.05) is 48.5 Å². The summed E-state index contributed by atoms with van der Waals surface area (Å²) in [4.78, 5) is 24.1. The summed E-state index contributed by atoms with van der Waals surface area (Å²) < 4.78 is 31.9. The molecule has 10 heteroatoms. The normalized spacial score (nSPS) is 13.2. The number of carboxylic acid groups (broad SMARTS) is 1. The molecule has 0 aliphatic heterocycles. The van der Waals surface area contributed by atoms with E-state index >= 15 is 0 Å². The maximum absolute atomic E-state index is 12.5. The van der Waals surface area contributed by atoms with E-state index in [0.717, 1.165) is 22.3 Å². The predicted molar refractivity (Wildman–Crippen MR) is 134 cm³/mol. The Morgan fingerprint density at radius 1 is 0.730 bits per heavy atom. The first-order valence-corrected chi connectivity index (χ1v) is 12.3. The van der Waals surface area contributed by atoms with Gasteiger partial charge in [0.2, 0.25) is 0 Å². The molecule has 1 unspecified atom stereocenters. The topological polar surface area (TPSA) is 136 Å². The van der Waals surface area contributed by atoms with Crippen LogP contribution in [0.4, 0.5) is 0 Å². The summed E-state index contributed by atoms with van der Waals surface area (Å²) in [5.74, 6) is -2.51. The average molecular weight is 518 g/mol. The molecule has 1 aliphatic carbocycles. The van der Waals surface area contributed by atoms with Gasteiger partial charge in [-0.3, -0.25) is 0 Å². The van der Waals surface area contributed by atoms with Crippen molar-refractivity contribution in [1.29, 1.82) is 0 Å². The molecule has 0 amide bonds. The molecule has 1 aliphatic rings. The second-order valence-corrected chi connectivity index (χ2v) is 8.18. The van der Waals surface area contributed by atoms with Crippen molar-refractivity contribution >= 4 is 11.9 Å². The van der Waals surface area contributed by atoms with E-state index in [0.29, 0.717) is 52.8 Å². The van der Waals surface area contributed by atoms with E-state index in [1.54, 1.807) is 0 Å². The van der Waals surface area contributed by atoms with Crippen LogP contribution in [0, 0.1) is 0 Å². The number of fused-ring (bicyclic) bond motifs is 3. The Bertz CT molecular complexity index is 938. The number of carbonyl (C=O) groups excluding carboxylic acids is 1. The average Bonchev–Trinajstić information content (AvgIpc) is 3.23. The van der Waals surface area contributed by atoms with Crippen LogP contribution in [-0.2, 0) is 38.0 Å². The number of nitrogens with two attached hydrogens (primary N) is 1. The van der Waals surface area contributed by atoms with Crippen LogP contribution in [-0.4, -0.2) is 95.8 Å². The lowest BCUT2D eigenvalue weighted by molar-refractivity contribution is -0.171. The fourth-order valence-corrected chi connectivity index (χ4v) is 3.99. The van der Waals surface area contributed by atoms with E-state index in [9.17, 15) is 14.7 Å². The summed E-state index contributed by atoms with van der Waals surface area (Å²) in [5.41, 5.74) is 9.58. The molecule has 0 bridgehead atoms. The van der Waals surface area contributed by atoms with Gasteiger partial charge in [0.1, 0.15) is 6.61 Å². The molecule has 0 radical (unpaired) electrons.